The van der Waals surface area contributed by atoms with Gasteiger partial charge in [0.1, 0.15) is 0 Å². The number of carbonyl (C=O) groups excluding carboxylic acids is 2. The molecule has 2 amide bonds. The number of amides is 2. The second kappa shape index (κ2) is 6.49. The molecule has 0 saturated heterocycles. The molecule has 3 heterocycles. The van der Waals surface area contributed by atoms with Crippen LogP contribution in [0.15, 0.2) is 18.2 Å². The van der Waals surface area contributed by atoms with E-state index < -0.39 is 0 Å². The van der Waals surface area contributed by atoms with Crippen LogP contribution in [0.4, 0.5) is 11.4 Å². The van der Waals surface area contributed by atoms with E-state index in [0.717, 1.165) is 34.7 Å². The Balaban J connectivity index is 1.35. The Bertz CT molecular complexity index is 916. The normalized spacial score (nSPS) is 18.8. The zero-order valence-corrected chi connectivity index (χ0v) is 15.1. The quantitative estimate of drug-likeness (QED) is 0.871. The molecule has 0 unspecified atom stereocenters. The molecular weight excluding hydrogens is 344 g/mol. The molecule has 1 aliphatic carbocycles. The lowest BCUT2D eigenvalue weighted by Crippen LogP contribution is -2.40. The number of aromatic nitrogens is 2. The Labute approximate surface area is 157 Å². The SMILES string of the molecule is O=C(Nc1ccc2c(c1)CCC(=O)N2CC1CCC1)c1n[nH]c2c1COC2. The molecular formula is C20H22N4O3. The highest BCUT2D eigenvalue weighted by Crippen LogP contribution is 2.34. The molecule has 1 aromatic heterocycles. The number of hydrogen-bond donors (Lipinski definition) is 2. The third-order valence-corrected chi connectivity index (χ3v) is 5.86. The number of ether oxygens (including phenoxy) is 1. The summed E-state index contributed by atoms with van der Waals surface area (Å²) in [4.78, 5) is 26.9. The van der Waals surface area contributed by atoms with E-state index in [1.165, 1.54) is 19.3 Å². The summed E-state index contributed by atoms with van der Waals surface area (Å²) < 4.78 is 5.35. The molecule has 27 heavy (non-hydrogen) atoms. The molecule has 7 nitrogen and oxygen atoms in total. The second-order valence-corrected chi connectivity index (χ2v) is 7.62. The van der Waals surface area contributed by atoms with Crippen LogP contribution in [0.3, 0.4) is 0 Å². The minimum atomic E-state index is -0.240. The molecule has 2 aliphatic heterocycles. The predicted molar refractivity (Wildman–Crippen MR) is 99.5 cm³/mol. The van der Waals surface area contributed by atoms with Gasteiger partial charge in [-0.05, 0) is 48.9 Å². The maximum absolute atomic E-state index is 12.6. The molecule has 7 heteroatoms. The zero-order chi connectivity index (χ0) is 18.4. The number of nitrogens with zero attached hydrogens (tertiary/aromatic N) is 2. The van der Waals surface area contributed by atoms with Crippen molar-refractivity contribution in [3.8, 4) is 0 Å². The number of anilines is 2. The van der Waals surface area contributed by atoms with Crippen molar-refractivity contribution < 1.29 is 14.3 Å². The third-order valence-electron chi connectivity index (χ3n) is 5.86. The summed E-state index contributed by atoms with van der Waals surface area (Å²) in [6.07, 6.45) is 4.94. The van der Waals surface area contributed by atoms with Gasteiger partial charge in [-0.1, -0.05) is 6.42 Å². The largest absolute Gasteiger partial charge is 0.370 e. The number of benzene rings is 1. The van der Waals surface area contributed by atoms with Gasteiger partial charge in [-0.2, -0.15) is 5.10 Å². The average molecular weight is 366 g/mol. The van der Waals surface area contributed by atoms with Crippen LogP contribution in [0.25, 0.3) is 0 Å². The molecule has 3 aliphatic rings. The van der Waals surface area contributed by atoms with Gasteiger partial charge in [0.25, 0.3) is 5.91 Å². The Morgan fingerprint density at radius 2 is 2.19 bits per heavy atom. The van der Waals surface area contributed by atoms with E-state index >= 15 is 0 Å². The van der Waals surface area contributed by atoms with E-state index in [-0.39, 0.29) is 11.8 Å². The van der Waals surface area contributed by atoms with E-state index in [1.54, 1.807) is 0 Å². The molecule has 1 aromatic carbocycles. The number of nitrogens with one attached hydrogen (secondary N) is 2. The Kier molecular flexibility index (Phi) is 3.97. The molecule has 0 radical (unpaired) electrons. The number of fused-ring (bicyclic) bond motifs is 2. The van der Waals surface area contributed by atoms with Gasteiger partial charge in [-0.25, -0.2) is 0 Å². The topological polar surface area (TPSA) is 87.3 Å². The first kappa shape index (κ1) is 16.5. The van der Waals surface area contributed by atoms with Crippen molar-refractivity contribution in [2.45, 2.75) is 45.3 Å². The summed E-state index contributed by atoms with van der Waals surface area (Å²) in [5.41, 5.74) is 4.93. The highest BCUT2D eigenvalue weighted by Gasteiger charge is 2.29. The van der Waals surface area contributed by atoms with Crippen LogP contribution in [0, 0.1) is 5.92 Å². The summed E-state index contributed by atoms with van der Waals surface area (Å²) >= 11 is 0. The van der Waals surface area contributed by atoms with Crippen LogP contribution in [0.1, 0.15) is 53.0 Å². The number of hydrogen-bond acceptors (Lipinski definition) is 4. The number of carbonyl (C=O) groups is 2. The first-order valence-electron chi connectivity index (χ1n) is 9.57. The van der Waals surface area contributed by atoms with Crippen LogP contribution in [-0.4, -0.2) is 28.6 Å². The van der Waals surface area contributed by atoms with Crippen LogP contribution >= 0.6 is 0 Å². The first-order valence-corrected chi connectivity index (χ1v) is 9.57. The lowest BCUT2D eigenvalue weighted by Gasteiger charge is -2.35. The maximum Gasteiger partial charge on any atom is 0.276 e. The number of aromatic amines is 1. The van der Waals surface area contributed by atoms with Gasteiger partial charge in [0.05, 0.1) is 18.9 Å². The summed E-state index contributed by atoms with van der Waals surface area (Å²) in [6, 6.07) is 5.81. The van der Waals surface area contributed by atoms with Crippen molar-refractivity contribution in [2.24, 2.45) is 5.92 Å². The lowest BCUT2D eigenvalue weighted by atomic mass is 9.84. The van der Waals surface area contributed by atoms with Crippen LogP contribution < -0.4 is 10.2 Å². The minimum Gasteiger partial charge on any atom is -0.370 e. The van der Waals surface area contributed by atoms with Gasteiger partial charge < -0.3 is 15.0 Å². The summed E-state index contributed by atoms with van der Waals surface area (Å²) in [5.74, 6) is 0.595. The van der Waals surface area contributed by atoms with Crippen LogP contribution in [-0.2, 0) is 29.2 Å². The van der Waals surface area contributed by atoms with Crippen molar-refractivity contribution in [1.82, 2.24) is 10.2 Å². The Hall–Kier alpha value is -2.67. The fraction of sp³-hybridized carbons (Fsp3) is 0.450. The lowest BCUT2D eigenvalue weighted by molar-refractivity contribution is -0.119. The van der Waals surface area contributed by atoms with Crippen molar-refractivity contribution in [1.29, 1.82) is 0 Å². The number of H-pyrrole nitrogens is 1. The first-order chi connectivity index (χ1) is 13.2. The fourth-order valence-corrected chi connectivity index (χ4v) is 4.08. The fourth-order valence-electron chi connectivity index (χ4n) is 4.08. The van der Waals surface area contributed by atoms with Gasteiger partial charge in [0, 0.05) is 29.9 Å². The number of rotatable bonds is 4. The van der Waals surface area contributed by atoms with E-state index in [2.05, 4.69) is 15.5 Å². The van der Waals surface area contributed by atoms with Crippen molar-refractivity contribution in [3.63, 3.8) is 0 Å². The van der Waals surface area contributed by atoms with Gasteiger partial charge in [0.15, 0.2) is 5.69 Å². The molecule has 1 fully saturated rings. The molecule has 0 bridgehead atoms. The van der Waals surface area contributed by atoms with Crippen molar-refractivity contribution in [3.05, 3.63) is 40.7 Å². The van der Waals surface area contributed by atoms with Crippen molar-refractivity contribution >= 4 is 23.2 Å². The van der Waals surface area contributed by atoms with E-state index in [1.807, 2.05) is 23.1 Å². The van der Waals surface area contributed by atoms with Gasteiger partial charge in [-0.15, -0.1) is 0 Å². The molecule has 2 aromatic rings. The molecule has 0 atom stereocenters. The Morgan fingerprint density at radius 1 is 1.30 bits per heavy atom. The standard InChI is InChI=1S/C20H22N4O3/c25-18-7-4-13-8-14(5-6-17(13)24(18)9-12-2-1-3-12)21-20(26)19-15-10-27-11-16(15)22-23-19/h5-6,8,12H,1-4,7,9-11H2,(H,21,26)(H,22,23). The summed E-state index contributed by atoms with van der Waals surface area (Å²) in [6.45, 7) is 1.70. The molecule has 1 saturated carbocycles. The van der Waals surface area contributed by atoms with Crippen molar-refractivity contribution in [2.75, 3.05) is 16.8 Å². The zero-order valence-electron chi connectivity index (χ0n) is 15.1. The van der Waals surface area contributed by atoms with Gasteiger partial charge >= 0.3 is 0 Å². The van der Waals surface area contributed by atoms with E-state index in [0.29, 0.717) is 37.7 Å². The predicted octanol–water partition coefficient (Wildman–Crippen LogP) is 2.77. The minimum absolute atomic E-state index is 0.207. The summed E-state index contributed by atoms with van der Waals surface area (Å²) in [7, 11) is 0. The molecule has 140 valence electrons. The van der Waals surface area contributed by atoms with Crippen LogP contribution in [0.2, 0.25) is 0 Å². The molecule has 0 spiro atoms. The highest BCUT2D eigenvalue weighted by molar-refractivity contribution is 6.04. The van der Waals surface area contributed by atoms with E-state index in [4.69, 9.17) is 4.74 Å². The highest BCUT2D eigenvalue weighted by atomic mass is 16.5. The molecule has 5 rings (SSSR count). The molecule has 2 N–H and O–H groups in total. The third kappa shape index (κ3) is 2.92. The van der Waals surface area contributed by atoms with Gasteiger partial charge in [-0.3, -0.25) is 14.7 Å². The monoisotopic (exact) mass is 366 g/mol. The van der Waals surface area contributed by atoms with E-state index in [9.17, 15) is 9.59 Å². The van der Waals surface area contributed by atoms with Crippen LogP contribution in [0.5, 0.6) is 0 Å². The Morgan fingerprint density at radius 3 is 3.00 bits per heavy atom. The number of aryl methyl sites for hydroxylation is 1. The second-order valence-electron chi connectivity index (χ2n) is 7.62. The average Bonchev–Trinajstić information content (AvgIpc) is 3.22. The smallest absolute Gasteiger partial charge is 0.276 e. The maximum atomic E-state index is 12.6. The van der Waals surface area contributed by atoms with Gasteiger partial charge in [0.2, 0.25) is 5.91 Å². The summed E-state index contributed by atoms with van der Waals surface area (Å²) in [5, 5.41) is 9.92.